The lowest BCUT2D eigenvalue weighted by Gasteiger charge is -2.09. The van der Waals surface area contributed by atoms with Crippen LogP contribution in [0.3, 0.4) is 0 Å². The Morgan fingerprint density at radius 3 is 2.77 bits per heavy atom. The highest BCUT2D eigenvalue weighted by atomic mass is 32.2. The maximum atomic E-state index is 14.0. The highest BCUT2D eigenvalue weighted by Crippen LogP contribution is 2.31. The number of anilines is 1. The Labute approximate surface area is 151 Å². The van der Waals surface area contributed by atoms with Crippen molar-refractivity contribution in [2.45, 2.75) is 24.7 Å². The first-order valence-electron chi connectivity index (χ1n) is 8.45. The van der Waals surface area contributed by atoms with E-state index in [2.05, 4.69) is 9.71 Å². The summed E-state index contributed by atoms with van der Waals surface area (Å²) in [5, 5.41) is 0.531. The molecule has 1 saturated carbocycles. The van der Waals surface area contributed by atoms with Gasteiger partial charge in [-0.25, -0.2) is 12.8 Å². The van der Waals surface area contributed by atoms with Crippen molar-refractivity contribution in [1.29, 1.82) is 0 Å². The zero-order chi connectivity index (χ0) is 18.3. The van der Waals surface area contributed by atoms with E-state index in [1.807, 2.05) is 0 Å². The molecule has 0 unspecified atom stereocenters. The predicted molar refractivity (Wildman–Crippen MR) is 98.5 cm³/mol. The van der Waals surface area contributed by atoms with Crippen molar-refractivity contribution in [3.63, 3.8) is 0 Å². The molecule has 136 valence electrons. The molecule has 0 radical (unpaired) electrons. The molecular weight excluding hydrogens is 355 g/mol. The minimum Gasteiger partial charge on any atom is -0.493 e. The van der Waals surface area contributed by atoms with Gasteiger partial charge in [0, 0.05) is 17.6 Å². The van der Waals surface area contributed by atoms with Gasteiger partial charge in [0.05, 0.1) is 17.8 Å². The van der Waals surface area contributed by atoms with Gasteiger partial charge in [-0.2, -0.15) is 0 Å². The summed E-state index contributed by atoms with van der Waals surface area (Å²) in [5.41, 5.74) is 1.30. The number of halogens is 1. The molecule has 1 aliphatic carbocycles. The number of H-pyrrole nitrogens is 1. The smallest absolute Gasteiger partial charge is 0.264 e. The number of fused-ring (bicyclic) bond motifs is 1. The third-order valence-electron chi connectivity index (χ3n) is 4.46. The first-order chi connectivity index (χ1) is 12.4. The van der Waals surface area contributed by atoms with Gasteiger partial charge in [0.2, 0.25) is 0 Å². The summed E-state index contributed by atoms with van der Waals surface area (Å²) in [6.45, 7) is 2.43. The standard InChI is InChI=1S/C19H19FN2O3S/c1-12-2-7-17(16(20)8-12)22-26(23,24)19-10-21-18-9-14(5-6-15(18)19)25-11-13-3-4-13/h2,5-10,13,21-22H,3-4,11H2,1H3. The van der Waals surface area contributed by atoms with Crippen LogP contribution in [0.5, 0.6) is 5.75 Å². The van der Waals surface area contributed by atoms with E-state index in [1.54, 1.807) is 31.2 Å². The second kappa shape index (κ2) is 6.32. The number of ether oxygens (including phenoxy) is 1. The first kappa shape index (κ1) is 16.9. The number of rotatable bonds is 6. The molecule has 0 bridgehead atoms. The Bertz CT molecular complexity index is 1070. The fourth-order valence-corrected chi connectivity index (χ4v) is 4.04. The summed E-state index contributed by atoms with van der Waals surface area (Å²) in [5.74, 6) is 0.732. The number of aromatic amines is 1. The minimum atomic E-state index is -3.92. The molecular formula is C19H19FN2O3S. The topological polar surface area (TPSA) is 71.2 Å². The van der Waals surface area contributed by atoms with Crippen molar-refractivity contribution in [2.75, 3.05) is 11.3 Å². The molecule has 0 amide bonds. The summed E-state index contributed by atoms with van der Waals surface area (Å²) < 4.78 is 47.4. The predicted octanol–water partition coefficient (Wildman–Crippen LogP) is 4.21. The van der Waals surface area contributed by atoms with Crippen LogP contribution in [0.1, 0.15) is 18.4 Å². The first-order valence-corrected chi connectivity index (χ1v) is 9.93. The van der Waals surface area contributed by atoms with Gasteiger partial charge < -0.3 is 9.72 Å². The number of sulfonamides is 1. The molecule has 5 nitrogen and oxygen atoms in total. The van der Waals surface area contributed by atoms with Crippen molar-refractivity contribution >= 4 is 26.6 Å². The molecule has 1 fully saturated rings. The van der Waals surface area contributed by atoms with Crippen LogP contribution in [0, 0.1) is 18.7 Å². The number of aromatic nitrogens is 1. The zero-order valence-electron chi connectivity index (χ0n) is 14.3. The van der Waals surface area contributed by atoms with Crippen LogP contribution in [-0.2, 0) is 10.0 Å². The van der Waals surface area contributed by atoms with Gasteiger partial charge in [-0.05, 0) is 55.5 Å². The fraction of sp³-hybridized carbons (Fsp3) is 0.263. The number of benzene rings is 2. The van der Waals surface area contributed by atoms with Crippen molar-refractivity contribution in [3.8, 4) is 5.75 Å². The van der Waals surface area contributed by atoms with Crippen molar-refractivity contribution in [1.82, 2.24) is 4.98 Å². The normalized spacial score (nSPS) is 14.5. The molecule has 0 aliphatic heterocycles. The van der Waals surface area contributed by atoms with Crippen LogP contribution < -0.4 is 9.46 Å². The SMILES string of the molecule is Cc1ccc(NS(=O)(=O)c2c[nH]c3cc(OCC4CC4)ccc23)c(F)c1. The molecule has 2 N–H and O–H groups in total. The quantitative estimate of drug-likeness (QED) is 0.679. The highest BCUT2D eigenvalue weighted by Gasteiger charge is 2.23. The largest absolute Gasteiger partial charge is 0.493 e. The van der Waals surface area contributed by atoms with Crippen molar-refractivity contribution in [2.24, 2.45) is 5.92 Å². The minimum absolute atomic E-state index is 0.0706. The molecule has 0 saturated heterocycles. The molecule has 26 heavy (non-hydrogen) atoms. The van der Waals surface area contributed by atoms with Crippen LogP contribution in [0.25, 0.3) is 10.9 Å². The van der Waals surface area contributed by atoms with E-state index >= 15 is 0 Å². The van der Waals surface area contributed by atoms with Gasteiger partial charge in [0.25, 0.3) is 10.0 Å². The van der Waals surface area contributed by atoms with E-state index in [0.717, 1.165) is 5.56 Å². The average Bonchev–Trinajstić information content (AvgIpc) is 3.32. The molecule has 7 heteroatoms. The fourth-order valence-electron chi connectivity index (χ4n) is 2.79. The number of hydrogen-bond acceptors (Lipinski definition) is 3. The van der Waals surface area contributed by atoms with E-state index in [0.29, 0.717) is 29.2 Å². The molecule has 0 spiro atoms. The third kappa shape index (κ3) is 3.39. The van der Waals surface area contributed by atoms with Crippen LogP contribution in [-0.4, -0.2) is 20.0 Å². The molecule has 1 aromatic heterocycles. The second-order valence-electron chi connectivity index (χ2n) is 6.70. The molecule has 0 atom stereocenters. The molecule has 1 heterocycles. The summed E-state index contributed by atoms with van der Waals surface area (Å²) in [6.07, 6.45) is 3.81. The van der Waals surface area contributed by atoms with Crippen molar-refractivity contribution < 1.29 is 17.5 Å². The summed E-state index contributed by atoms with van der Waals surface area (Å²) in [6, 6.07) is 9.60. The maximum Gasteiger partial charge on any atom is 0.264 e. The van der Waals surface area contributed by atoms with Gasteiger partial charge in [-0.15, -0.1) is 0 Å². The van der Waals surface area contributed by atoms with Gasteiger partial charge in [-0.3, -0.25) is 4.72 Å². The lowest BCUT2D eigenvalue weighted by atomic mass is 10.2. The number of aryl methyl sites for hydroxylation is 1. The second-order valence-corrected chi connectivity index (χ2v) is 8.35. The van der Waals surface area contributed by atoms with Gasteiger partial charge in [0.1, 0.15) is 16.5 Å². The number of hydrogen-bond donors (Lipinski definition) is 2. The van der Waals surface area contributed by atoms with Crippen LogP contribution in [0.15, 0.2) is 47.5 Å². The van der Waals surface area contributed by atoms with Gasteiger partial charge in [0.15, 0.2) is 0 Å². The maximum absolute atomic E-state index is 14.0. The average molecular weight is 374 g/mol. The Morgan fingerprint density at radius 1 is 1.23 bits per heavy atom. The molecule has 4 rings (SSSR count). The van der Waals surface area contributed by atoms with E-state index in [9.17, 15) is 12.8 Å². The van der Waals surface area contributed by atoms with Crippen LogP contribution in [0.2, 0.25) is 0 Å². The molecule has 3 aromatic rings. The zero-order valence-corrected chi connectivity index (χ0v) is 15.1. The number of nitrogens with one attached hydrogen (secondary N) is 2. The van der Waals surface area contributed by atoms with E-state index < -0.39 is 15.8 Å². The monoisotopic (exact) mass is 374 g/mol. The Kier molecular flexibility index (Phi) is 4.11. The molecule has 2 aromatic carbocycles. The Hall–Kier alpha value is -2.54. The van der Waals surface area contributed by atoms with Crippen LogP contribution in [0.4, 0.5) is 10.1 Å². The van der Waals surface area contributed by atoms with Crippen LogP contribution >= 0.6 is 0 Å². The van der Waals surface area contributed by atoms with Gasteiger partial charge >= 0.3 is 0 Å². The Balaban J connectivity index is 1.61. The van der Waals surface area contributed by atoms with E-state index in [-0.39, 0.29) is 10.6 Å². The summed E-state index contributed by atoms with van der Waals surface area (Å²) >= 11 is 0. The van der Waals surface area contributed by atoms with Crippen molar-refractivity contribution in [3.05, 3.63) is 54.0 Å². The lowest BCUT2D eigenvalue weighted by molar-refractivity contribution is 0.300. The summed E-state index contributed by atoms with van der Waals surface area (Å²) in [4.78, 5) is 3.03. The van der Waals surface area contributed by atoms with E-state index in [4.69, 9.17) is 4.74 Å². The van der Waals surface area contributed by atoms with E-state index in [1.165, 1.54) is 31.2 Å². The Morgan fingerprint density at radius 2 is 2.04 bits per heavy atom. The lowest BCUT2D eigenvalue weighted by Crippen LogP contribution is -2.13. The van der Waals surface area contributed by atoms with Gasteiger partial charge in [-0.1, -0.05) is 6.07 Å². The highest BCUT2D eigenvalue weighted by molar-refractivity contribution is 7.93. The summed E-state index contributed by atoms with van der Waals surface area (Å²) in [7, 11) is -3.92. The third-order valence-corrected chi connectivity index (χ3v) is 5.86. The molecule has 1 aliphatic rings.